The second kappa shape index (κ2) is 11.5. The predicted octanol–water partition coefficient (Wildman–Crippen LogP) is 4.17. The van der Waals surface area contributed by atoms with Crippen LogP contribution in [0.25, 0.3) is 0 Å². The van der Waals surface area contributed by atoms with Crippen LogP contribution in [-0.2, 0) is 0 Å². The lowest BCUT2D eigenvalue weighted by Crippen LogP contribution is -1.74. The van der Waals surface area contributed by atoms with Crippen molar-refractivity contribution in [2.24, 2.45) is 0 Å². The minimum absolute atomic E-state index is 1.22. The highest BCUT2D eigenvalue weighted by molar-refractivity contribution is 4.86. The van der Waals surface area contributed by atoms with Gasteiger partial charge in [-0.25, -0.2) is 0 Å². The Balaban J connectivity index is 0. The fourth-order valence-electron chi connectivity index (χ4n) is 0.677. The van der Waals surface area contributed by atoms with Crippen LogP contribution in [0.4, 0.5) is 0 Å². The first kappa shape index (κ1) is 12.4. The van der Waals surface area contributed by atoms with Gasteiger partial charge in [-0.1, -0.05) is 39.2 Å². The summed E-state index contributed by atoms with van der Waals surface area (Å²) in [5.41, 5.74) is 1.32. The van der Waals surface area contributed by atoms with E-state index in [0.29, 0.717) is 0 Å². The third-order valence-corrected chi connectivity index (χ3v) is 1.21. The molecule has 0 heteroatoms. The highest BCUT2D eigenvalue weighted by Gasteiger charge is 1.84. The Bertz CT molecular complexity index is 62.4. The highest BCUT2D eigenvalue weighted by Crippen LogP contribution is 2.04. The average Bonchev–Trinajstić information content (AvgIpc) is 1.92. The van der Waals surface area contributed by atoms with Crippen molar-refractivity contribution in [1.29, 1.82) is 0 Å². The Labute approximate surface area is 66.3 Å². The maximum atomic E-state index is 3.83. The van der Waals surface area contributed by atoms with Gasteiger partial charge in [-0.2, -0.15) is 0 Å². The van der Waals surface area contributed by atoms with Crippen molar-refractivity contribution in [2.75, 3.05) is 0 Å². The van der Waals surface area contributed by atoms with Gasteiger partial charge in [0.05, 0.1) is 0 Å². The van der Waals surface area contributed by atoms with Gasteiger partial charge < -0.3 is 0 Å². The van der Waals surface area contributed by atoms with Crippen LogP contribution in [0.1, 0.15) is 53.4 Å². The quantitative estimate of drug-likeness (QED) is 0.408. The van der Waals surface area contributed by atoms with Crippen molar-refractivity contribution < 1.29 is 0 Å². The van der Waals surface area contributed by atoms with E-state index >= 15 is 0 Å². The molecule has 0 N–H and O–H groups in total. The molecule has 0 radical (unpaired) electrons. The van der Waals surface area contributed by atoms with Gasteiger partial charge in [-0.3, -0.25) is 0 Å². The van der Waals surface area contributed by atoms with Crippen molar-refractivity contribution >= 4 is 0 Å². The van der Waals surface area contributed by atoms with Gasteiger partial charge >= 0.3 is 0 Å². The lowest BCUT2D eigenvalue weighted by Gasteiger charge is -1.94. The molecule has 0 aromatic carbocycles. The SMILES string of the molecule is C=C(C)CCCCC.CC. The zero-order chi connectivity index (χ0) is 8.41. The van der Waals surface area contributed by atoms with Crippen LogP contribution in [0.15, 0.2) is 12.2 Å². The van der Waals surface area contributed by atoms with Crippen molar-refractivity contribution in [3.8, 4) is 0 Å². The summed E-state index contributed by atoms with van der Waals surface area (Å²) >= 11 is 0. The molecule has 0 aliphatic carbocycles. The molecule has 10 heavy (non-hydrogen) atoms. The predicted molar refractivity (Wildman–Crippen MR) is 50.3 cm³/mol. The Morgan fingerprint density at radius 3 is 2.00 bits per heavy atom. The van der Waals surface area contributed by atoms with Crippen LogP contribution in [0.5, 0.6) is 0 Å². The van der Waals surface area contributed by atoms with Gasteiger partial charge in [0.25, 0.3) is 0 Å². The van der Waals surface area contributed by atoms with E-state index in [-0.39, 0.29) is 0 Å². The second-order valence-electron chi connectivity index (χ2n) is 2.41. The summed E-state index contributed by atoms with van der Waals surface area (Å²) in [6, 6.07) is 0. The molecule has 0 aliphatic rings. The largest absolute Gasteiger partial charge is 0.100 e. The third-order valence-electron chi connectivity index (χ3n) is 1.21. The Kier molecular flexibility index (Phi) is 14.3. The monoisotopic (exact) mass is 142 g/mol. The van der Waals surface area contributed by atoms with Crippen LogP contribution in [0.3, 0.4) is 0 Å². The summed E-state index contributed by atoms with van der Waals surface area (Å²) < 4.78 is 0. The van der Waals surface area contributed by atoms with Crippen LogP contribution in [-0.4, -0.2) is 0 Å². The van der Waals surface area contributed by atoms with E-state index in [1.54, 1.807) is 0 Å². The zero-order valence-electron chi connectivity index (χ0n) is 8.04. The molecule has 0 aromatic rings. The molecule has 0 amide bonds. The molecule has 0 heterocycles. The van der Waals surface area contributed by atoms with Crippen molar-refractivity contribution in [3.05, 3.63) is 12.2 Å². The standard InChI is InChI=1S/C8H16.C2H6/c1-4-5-6-7-8(2)3;1-2/h2,4-7H2,1,3H3;1-2H3. The fourth-order valence-corrected chi connectivity index (χ4v) is 0.677. The molecule has 0 bridgehead atoms. The fraction of sp³-hybridized carbons (Fsp3) is 0.800. The zero-order valence-corrected chi connectivity index (χ0v) is 8.04. The first-order chi connectivity index (χ1) is 4.77. The summed E-state index contributed by atoms with van der Waals surface area (Å²) in [7, 11) is 0. The van der Waals surface area contributed by atoms with Crippen LogP contribution in [0.2, 0.25) is 0 Å². The summed E-state index contributed by atoms with van der Waals surface area (Å²) in [6.07, 6.45) is 5.21. The van der Waals surface area contributed by atoms with Crippen LogP contribution >= 0.6 is 0 Å². The molecule has 0 nitrogen and oxygen atoms in total. The molecule has 0 aliphatic heterocycles. The van der Waals surface area contributed by atoms with E-state index < -0.39 is 0 Å². The molecule has 0 spiro atoms. The summed E-state index contributed by atoms with van der Waals surface area (Å²) in [4.78, 5) is 0. The van der Waals surface area contributed by atoms with E-state index in [0.717, 1.165) is 0 Å². The topological polar surface area (TPSA) is 0 Å². The molecule has 0 atom stereocenters. The van der Waals surface area contributed by atoms with E-state index in [9.17, 15) is 0 Å². The Morgan fingerprint density at radius 2 is 1.70 bits per heavy atom. The lowest BCUT2D eigenvalue weighted by atomic mass is 10.1. The minimum Gasteiger partial charge on any atom is -0.100 e. The maximum Gasteiger partial charge on any atom is -0.0326 e. The molecule has 0 saturated heterocycles. The molecular formula is C10H22. The number of hydrogen-bond acceptors (Lipinski definition) is 0. The van der Waals surface area contributed by atoms with Gasteiger partial charge in [-0.05, 0) is 19.8 Å². The number of unbranched alkanes of at least 4 members (excludes halogenated alkanes) is 2. The molecule has 0 aromatic heterocycles. The smallest absolute Gasteiger partial charge is 0.0326 e. The Hall–Kier alpha value is -0.260. The maximum absolute atomic E-state index is 3.83. The highest BCUT2D eigenvalue weighted by atomic mass is 13.9. The van der Waals surface area contributed by atoms with Crippen LogP contribution in [0, 0.1) is 0 Å². The van der Waals surface area contributed by atoms with E-state index in [1.807, 2.05) is 13.8 Å². The van der Waals surface area contributed by atoms with E-state index in [4.69, 9.17) is 0 Å². The van der Waals surface area contributed by atoms with Gasteiger partial charge in [0, 0.05) is 0 Å². The molecule has 0 unspecified atom stereocenters. The van der Waals surface area contributed by atoms with Crippen molar-refractivity contribution in [1.82, 2.24) is 0 Å². The molecule has 62 valence electrons. The van der Waals surface area contributed by atoms with Crippen molar-refractivity contribution in [2.45, 2.75) is 53.4 Å². The summed E-state index contributed by atoms with van der Waals surface area (Å²) in [6.45, 7) is 12.1. The summed E-state index contributed by atoms with van der Waals surface area (Å²) in [5, 5.41) is 0. The van der Waals surface area contributed by atoms with Crippen molar-refractivity contribution in [3.63, 3.8) is 0 Å². The van der Waals surface area contributed by atoms with Gasteiger partial charge in [0.2, 0.25) is 0 Å². The summed E-state index contributed by atoms with van der Waals surface area (Å²) in [5.74, 6) is 0. The third kappa shape index (κ3) is 15.6. The number of rotatable bonds is 4. The van der Waals surface area contributed by atoms with Gasteiger partial charge in [0.1, 0.15) is 0 Å². The van der Waals surface area contributed by atoms with E-state index in [2.05, 4.69) is 20.4 Å². The Morgan fingerprint density at radius 1 is 1.20 bits per heavy atom. The number of allylic oxidation sites excluding steroid dienone is 1. The first-order valence-electron chi connectivity index (χ1n) is 4.41. The molecule has 0 saturated carbocycles. The molecular weight excluding hydrogens is 120 g/mol. The van der Waals surface area contributed by atoms with Crippen LogP contribution < -0.4 is 0 Å². The van der Waals surface area contributed by atoms with Gasteiger partial charge in [0.15, 0.2) is 0 Å². The molecule has 0 rings (SSSR count). The average molecular weight is 142 g/mol. The number of hydrogen-bond donors (Lipinski definition) is 0. The van der Waals surface area contributed by atoms with E-state index in [1.165, 1.54) is 31.3 Å². The molecule has 0 fully saturated rings. The minimum atomic E-state index is 1.22. The normalized spacial score (nSPS) is 8.00. The van der Waals surface area contributed by atoms with Gasteiger partial charge in [-0.15, -0.1) is 6.58 Å². The second-order valence-corrected chi connectivity index (χ2v) is 2.41. The first-order valence-corrected chi connectivity index (χ1v) is 4.41. The lowest BCUT2D eigenvalue weighted by molar-refractivity contribution is 0.714.